The van der Waals surface area contributed by atoms with Crippen molar-refractivity contribution in [2.45, 2.75) is 19.5 Å². The first-order valence-corrected chi connectivity index (χ1v) is 7.55. The van der Waals surface area contributed by atoms with Crippen LogP contribution in [0.1, 0.15) is 18.1 Å². The topological polar surface area (TPSA) is 38.3 Å². The first-order chi connectivity index (χ1) is 11.3. The van der Waals surface area contributed by atoms with Gasteiger partial charge in [0.25, 0.3) is 5.91 Å². The predicted molar refractivity (Wildman–Crippen MR) is 86.4 cm³/mol. The zero-order valence-corrected chi connectivity index (χ0v) is 13.5. The zero-order chi connectivity index (χ0) is 17.7. The van der Waals surface area contributed by atoms with Gasteiger partial charge >= 0.3 is 6.18 Å². The predicted octanol–water partition coefficient (Wildman–Crippen LogP) is 4.94. The molecule has 1 N–H and O–H groups in total. The van der Waals surface area contributed by atoms with E-state index in [0.29, 0.717) is 5.75 Å². The number of aryl methyl sites for hydroxylation is 1. The number of halogens is 4. The molecule has 0 aliphatic carbocycles. The van der Waals surface area contributed by atoms with Crippen LogP contribution in [0.3, 0.4) is 0 Å². The number of carbonyl (C=O) groups is 1. The van der Waals surface area contributed by atoms with E-state index in [4.69, 9.17) is 16.3 Å². The highest BCUT2D eigenvalue weighted by molar-refractivity contribution is 6.33. The second-order valence-electron chi connectivity index (χ2n) is 5.03. The monoisotopic (exact) mass is 357 g/mol. The number of hydrogen-bond donors (Lipinski definition) is 1. The van der Waals surface area contributed by atoms with E-state index in [1.165, 1.54) is 0 Å². The minimum Gasteiger partial charge on any atom is -0.484 e. The molecule has 0 fully saturated rings. The Morgan fingerprint density at radius 1 is 1.21 bits per heavy atom. The first kappa shape index (κ1) is 18.1. The number of hydrogen-bond acceptors (Lipinski definition) is 2. The van der Waals surface area contributed by atoms with Crippen molar-refractivity contribution in [1.82, 2.24) is 0 Å². The minimum atomic E-state index is -4.51. The van der Waals surface area contributed by atoms with Gasteiger partial charge in [0, 0.05) is 0 Å². The van der Waals surface area contributed by atoms with Crippen molar-refractivity contribution in [2.75, 3.05) is 11.9 Å². The summed E-state index contributed by atoms with van der Waals surface area (Å²) in [5.74, 6) is -0.0854. The van der Waals surface area contributed by atoms with Crippen molar-refractivity contribution in [1.29, 1.82) is 0 Å². The average Bonchev–Trinajstić information content (AvgIpc) is 2.54. The van der Waals surface area contributed by atoms with Crippen LogP contribution in [-0.4, -0.2) is 12.5 Å². The Balaban J connectivity index is 2.02. The molecule has 7 heteroatoms. The first-order valence-electron chi connectivity index (χ1n) is 7.18. The van der Waals surface area contributed by atoms with Crippen molar-refractivity contribution in [3.63, 3.8) is 0 Å². The summed E-state index contributed by atoms with van der Waals surface area (Å²) in [6.07, 6.45) is -3.69. The van der Waals surface area contributed by atoms with Crippen molar-refractivity contribution in [2.24, 2.45) is 0 Å². The molecule has 2 rings (SSSR count). The van der Waals surface area contributed by atoms with Crippen molar-refractivity contribution < 1.29 is 22.7 Å². The van der Waals surface area contributed by atoms with E-state index in [1.54, 1.807) is 18.2 Å². The fraction of sp³-hybridized carbons (Fsp3) is 0.235. The standard InChI is InChI=1S/C17H15ClF3NO2/c1-2-11-4-3-5-13(8-11)24-10-16(23)22-15-9-12(17(19,20)21)6-7-14(15)18/h3-9H,2,10H2,1H3,(H,22,23). The average molecular weight is 358 g/mol. The minimum absolute atomic E-state index is 0.0179. The van der Waals surface area contributed by atoms with Crippen LogP contribution in [0.5, 0.6) is 5.75 Å². The smallest absolute Gasteiger partial charge is 0.416 e. The number of alkyl halides is 3. The Hall–Kier alpha value is -2.21. The zero-order valence-electron chi connectivity index (χ0n) is 12.8. The SMILES string of the molecule is CCc1cccc(OCC(=O)Nc2cc(C(F)(F)F)ccc2Cl)c1. The number of nitrogens with one attached hydrogen (secondary N) is 1. The van der Waals surface area contributed by atoms with Gasteiger partial charge < -0.3 is 10.1 Å². The number of anilines is 1. The molecule has 0 aromatic heterocycles. The summed E-state index contributed by atoms with van der Waals surface area (Å²) in [4.78, 5) is 11.9. The maximum absolute atomic E-state index is 12.7. The Bertz CT molecular complexity index is 732. The van der Waals surface area contributed by atoms with Gasteiger partial charge in [-0.05, 0) is 42.3 Å². The van der Waals surface area contributed by atoms with Crippen LogP contribution in [-0.2, 0) is 17.4 Å². The van der Waals surface area contributed by atoms with Gasteiger partial charge in [-0.2, -0.15) is 13.2 Å². The lowest BCUT2D eigenvalue weighted by atomic mass is 10.2. The fourth-order valence-electron chi connectivity index (χ4n) is 1.99. The van der Waals surface area contributed by atoms with E-state index < -0.39 is 17.6 Å². The molecule has 0 radical (unpaired) electrons. The van der Waals surface area contributed by atoms with E-state index in [0.717, 1.165) is 30.2 Å². The Morgan fingerprint density at radius 3 is 2.62 bits per heavy atom. The van der Waals surface area contributed by atoms with Gasteiger partial charge in [-0.3, -0.25) is 4.79 Å². The molecule has 2 aromatic carbocycles. The molecule has 0 unspecified atom stereocenters. The van der Waals surface area contributed by atoms with Gasteiger partial charge in [-0.15, -0.1) is 0 Å². The maximum Gasteiger partial charge on any atom is 0.416 e. The van der Waals surface area contributed by atoms with Crippen molar-refractivity contribution in [3.8, 4) is 5.75 Å². The van der Waals surface area contributed by atoms with Crippen LogP contribution in [0, 0.1) is 0 Å². The largest absolute Gasteiger partial charge is 0.484 e. The quantitative estimate of drug-likeness (QED) is 0.823. The summed E-state index contributed by atoms with van der Waals surface area (Å²) in [7, 11) is 0. The van der Waals surface area contributed by atoms with Gasteiger partial charge in [-0.25, -0.2) is 0 Å². The van der Waals surface area contributed by atoms with Crippen LogP contribution in [0.4, 0.5) is 18.9 Å². The van der Waals surface area contributed by atoms with E-state index >= 15 is 0 Å². The Kier molecular flexibility index (Phi) is 5.72. The van der Waals surface area contributed by atoms with Gasteiger partial charge in [0.15, 0.2) is 6.61 Å². The van der Waals surface area contributed by atoms with Gasteiger partial charge in [0.1, 0.15) is 5.75 Å². The van der Waals surface area contributed by atoms with Crippen LogP contribution < -0.4 is 10.1 Å². The Morgan fingerprint density at radius 2 is 1.96 bits per heavy atom. The molecule has 0 saturated heterocycles. The van der Waals surface area contributed by atoms with Crippen LogP contribution in [0.2, 0.25) is 5.02 Å². The molecule has 0 aliphatic rings. The highest BCUT2D eigenvalue weighted by Crippen LogP contribution is 2.33. The van der Waals surface area contributed by atoms with Gasteiger partial charge in [0.2, 0.25) is 0 Å². The van der Waals surface area contributed by atoms with Gasteiger partial charge in [-0.1, -0.05) is 30.7 Å². The third kappa shape index (κ3) is 4.89. The van der Waals surface area contributed by atoms with E-state index in [1.807, 2.05) is 13.0 Å². The second-order valence-corrected chi connectivity index (χ2v) is 5.44. The van der Waals surface area contributed by atoms with Crippen LogP contribution in [0.25, 0.3) is 0 Å². The number of benzene rings is 2. The number of ether oxygens (including phenoxy) is 1. The second kappa shape index (κ2) is 7.57. The Labute approximate surface area is 142 Å². The molecule has 2 aromatic rings. The number of carbonyl (C=O) groups excluding carboxylic acids is 1. The molecule has 0 atom stereocenters. The molecule has 24 heavy (non-hydrogen) atoms. The molecular formula is C17H15ClF3NO2. The molecule has 128 valence electrons. The molecule has 0 saturated carbocycles. The normalized spacial score (nSPS) is 11.2. The summed E-state index contributed by atoms with van der Waals surface area (Å²) in [5, 5.41) is 2.34. The molecule has 1 amide bonds. The summed E-state index contributed by atoms with van der Waals surface area (Å²) in [6, 6.07) is 9.95. The number of rotatable bonds is 5. The van der Waals surface area contributed by atoms with E-state index in [2.05, 4.69) is 5.32 Å². The molecule has 0 spiro atoms. The molecule has 0 bridgehead atoms. The lowest BCUT2D eigenvalue weighted by Crippen LogP contribution is -2.20. The van der Waals surface area contributed by atoms with Gasteiger partial charge in [0.05, 0.1) is 16.3 Å². The third-order valence-electron chi connectivity index (χ3n) is 3.24. The number of amides is 1. The fourth-order valence-corrected chi connectivity index (χ4v) is 2.15. The summed E-state index contributed by atoms with van der Waals surface area (Å²) < 4.78 is 43.4. The van der Waals surface area contributed by atoms with Crippen molar-refractivity contribution in [3.05, 3.63) is 58.6 Å². The van der Waals surface area contributed by atoms with E-state index in [-0.39, 0.29) is 17.3 Å². The highest BCUT2D eigenvalue weighted by atomic mass is 35.5. The summed E-state index contributed by atoms with van der Waals surface area (Å²) in [6.45, 7) is 1.65. The third-order valence-corrected chi connectivity index (χ3v) is 3.57. The molecule has 0 heterocycles. The van der Waals surface area contributed by atoms with Crippen molar-refractivity contribution >= 4 is 23.2 Å². The van der Waals surface area contributed by atoms with Crippen LogP contribution in [0.15, 0.2) is 42.5 Å². The summed E-state index contributed by atoms with van der Waals surface area (Å²) >= 11 is 5.82. The maximum atomic E-state index is 12.7. The molecular weight excluding hydrogens is 343 g/mol. The lowest BCUT2D eigenvalue weighted by molar-refractivity contribution is -0.137. The lowest BCUT2D eigenvalue weighted by Gasteiger charge is -2.12. The van der Waals surface area contributed by atoms with E-state index in [9.17, 15) is 18.0 Å². The molecule has 3 nitrogen and oxygen atoms in total. The highest BCUT2D eigenvalue weighted by Gasteiger charge is 2.31. The molecule has 0 aliphatic heterocycles. The van der Waals surface area contributed by atoms with Crippen LogP contribution >= 0.6 is 11.6 Å². The summed E-state index contributed by atoms with van der Waals surface area (Å²) in [5.41, 5.74) is 0.0509.